The van der Waals surface area contributed by atoms with E-state index in [4.69, 9.17) is 4.74 Å². The fraction of sp³-hybridized carbons (Fsp3) is 0.400. The van der Waals surface area contributed by atoms with Crippen LogP contribution in [-0.2, 0) is 22.7 Å². The lowest BCUT2D eigenvalue weighted by atomic mass is 10.0. The minimum atomic E-state index is -2.82. The van der Waals surface area contributed by atoms with Crippen molar-refractivity contribution in [3.63, 3.8) is 0 Å². The summed E-state index contributed by atoms with van der Waals surface area (Å²) in [5.41, 5.74) is 2.23. The van der Waals surface area contributed by atoms with E-state index in [9.17, 15) is 28.0 Å². The molecule has 1 unspecified atom stereocenters. The van der Waals surface area contributed by atoms with Crippen LogP contribution in [-0.4, -0.2) is 83.0 Å². The summed E-state index contributed by atoms with van der Waals surface area (Å²) in [6.07, 6.45) is 2.47. The standard InChI is InChI=1S/C30H32F2N4O5/c1-2-12-30(31,32)19-35-15-13-34(14-16-35)17-20-6-8-21(9-7-20)18-41-24-5-3-4-22-26(24)29(40)36(28(22)39)23-10-11-25(37)33-27(23)38/h2-9,12,23H,10-11,13-19H2,1H3,(H,33,37,38)/b12-2+. The van der Waals surface area contributed by atoms with Gasteiger partial charge in [-0.2, -0.15) is 0 Å². The summed E-state index contributed by atoms with van der Waals surface area (Å²) >= 11 is 0. The fourth-order valence-corrected chi connectivity index (χ4v) is 5.46. The maximum atomic E-state index is 13.9. The predicted molar refractivity (Wildman–Crippen MR) is 145 cm³/mol. The first-order valence-corrected chi connectivity index (χ1v) is 13.7. The van der Waals surface area contributed by atoms with Gasteiger partial charge in [0, 0.05) is 39.1 Å². The minimum absolute atomic E-state index is 0.0507. The Bertz CT molecular complexity index is 1370. The SMILES string of the molecule is C/C=C/C(F)(F)CN1CCN(Cc2ccc(COc3cccc4c3C(=O)N(C3CCC(=O)NC3=O)C4=O)cc2)CC1. The van der Waals surface area contributed by atoms with Crippen molar-refractivity contribution in [1.82, 2.24) is 20.0 Å². The molecule has 0 aliphatic carbocycles. The van der Waals surface area contributed by atoms with Crippen LogP contribution in [0.25, 0.3) is 0 Å². The number of carbonyl (C=O) groups is 4. The number of ether oxygens (including phenoxy) is 1. The number of alkyl halides is 2. The number of hydrogen-bond donors (Lipinski definition) is 1. The number of benzene rings is 2. The Kier molecular flexibility index (Phi) is 8.27. The van der Waals surface area contributed by atoms with E-state index in [-0.39, 0.29) is 42.9 Å². The number of piperazine rings is 1. The first-order valence-electron chi connectivity index (χ1n) is 13.7. The summed E-state index contributed by atoms with van der Waals surface area (Å²) in [7, 11) is 0. The van der Waals surface area contributed by atoms with Crippen molar-refractivity contribution < 1.29 is 32.7 Å². The van der Waals surface area contributed by atoms with Crippen LogP contribution in [0.15, 0.2) is 54.6 Å². The van der Waals surface area contributed by atoms with Crippen LogP contribution in [0, 0.1) is 0 Å². The van der Waals surface area contributed by atoms with Crippen LogP contribution < -0.4 is 10.1 Å². The van der Waals surface area contributed by atoms with Crippen LogP contribution in [0.2, 0.25) is 0 Å². The normalized spacial score (nSPS) is 20.6. The molecule has 5 rings (SSSR count). The Morgan fingerprint density at radius 2 is 1.63 bits per heavy atom. The molecule has 216 valence electrons. The van der Waals surface area contributed by atoms with E-state index >= 15 is 0 Å². The highest BCUT2D eigenvalue weighted by molar-refractivity contribution is 6.24. The third-order valence-electron chi connectivity index (χ3n) is 7.56. The molecule has 3 aliphatic heterocycles. The van der Waals surface area contributed by atoms with E-state index in [2.05, 4.69) is 10.2 Å². The monoisotopic (exact) mass is 566 g/mol. The molecule has 0 bridgehead atoms. The van der Waals surface area contributed by atoms with Gasteiger partial charge in [-0.05, 0) is 42.7 Å². The predicted octanol–water partition coefficient (Wildman–Crippen LogP) is 3.00. The van der Waals surface area contributed by atoms with Gasteiger partial charge in [0.25, 0.3) is 17.7 Å². The van der Waals surface area contributed by atoms with Crippen molar-refractivity contribution in [2.24, 2.45) is 0 Å². The van der Waals surface area contributed by atoms with E-state index < -0.39 is 35.6 Å². The van der Waals surface area contributed by atoms with Gasteiger partial charge in [-0.1, -0.05) is 36.4 Å². The van der Waals surface area contributed by atoms with Crippen LogP contribution in [0.5, 0.6) is 5.75 Å². The molecule has 1 N–H and O–H groups in total. The Morgan fingerprint density at radius 1 is 0.951 bits per heavy atom. The molecule has 11 heteroatoms. The van der Waals surface area contributed by atoms with E-state index in [0.717, 1.165) is 22.1 Å². The fourth-order valence-electron chi connectivity index (χ4n) is 5.46. The zero-order chi connectivity index (χ0) is 29.1. The number of fused-ring (bicyclic) bond motifs is 1. The molecular weight excluding hydrogens is 534 g/mol. The van der Waals surface area contributed by atoms with Crippen LogP contribution in [0.3, 0.4) is 0 Å². The lowest BCUT2D eigenvalue weighted by Gasteiger charge is -2.35. The van der Waals surface area contributed by atoms with E-state index in [1.807, 2.05) is 24.3 Å². The molecule has 2 fully saturated rings. The Morgan fingerprint density at radius 3 is 2.32 bits per heavy atom. The number of allylic oxidation sites excluding steroid dienone is 1. The number of halogens is 2. The molecule has 3 heterocycles. The smallest absolute Gasteiger partial charge is 0.278 e. The molecule has 2 aromatic rings. The highest BCUT2D eigenvalue weighted by Gasteiger charge is 2.46. The molecule has 2 aromatic carbocycles. The maximum Gasteiger partial charge on any atom is 0.278 e. The van der Waals surface area contributed by atoms with Crippen molar-refractivity contribution in [2.75, 3.05) is 32.7 Å². The van der Waals surface area contributed by atoms with Gasteiger partial charge in [-0.25, -0.2) is 8.78 Å². The second kappa shape index (κ2) is 11.9. The third kappa shape index (κ3) is 6.36. The summed E-state index contributed by atoms with van der Waals surface area (Å²) < 4.78 is 33.7. The zero-order valence-electron chi connectivity index (χ0n) is 22.8. The highest BCUT2D eigenvalue weighted by Crippen LogP contribution is 2.34. The maximum absolute atomic E-state index is 13.9. The number of nitrogens with one attached hydrogen (secondary N) is 1. The molecule has 0 saturated carbocycles. The second-order valence-corrected chi connectivity index (χ2v) is 10.5. The summed E-state index contributed by atoms with van der Waals surface area (Å²) in [4.78, 5) is 55.0. The Hall–Kier alpha value is -3.96. The summed E-state index contributed by atoms with van der Waals surface area (Å²) in [6, 6.07) is 11.5. The lowest BCUT2D eigenvalue weighted by Crippen LogP contribution is -2.54. The molecule has 0 spiro atoms. The topological polar surface area (TPSA) is 99.3 Å². The molecule has 1 atom stereocenters. The Labute approximate surface area is 236 Å². The average Bonchev–Trinajstić information content (AvgIpc) is 3.19. The largest absolute Gasteiger partial charge is 0.488 e. The Balaban J connectivity index is 1.16. The number of carbonyl (C=O) groups excluding carboxylic acids is 4. The summed E-state index contributed by atoms with van der Waals surface area (Å²) in [5.74, 6) is -4.85. The van der Waals surface area contributed by atoms with Crippen LogP contribution in [0.4, 0.5) is 8.78 Å². The number of nitrogens with zero attached hydrogens (tertiary/aromatic N) is 3. The van der Waals surface area contributed by atoms with Crippen molar-refractivity contribution in [1.29, 1.82) is 0 Å². The molecular formula is C30H32F2N4O5. The van der Waals surface area contributed by atoms with Gasteiger partial charge in [0.2, 0.25) is 11.8 Å². The summed E-state index contributed by atoms with van der Waals surface area (Å²) in [6.45, 7) is 4.79. The van der Waals surface area contributed by atoms with Crippen molar-refractivity contribution >= 4 is 23.6 Å². The van der Waals surface area contributed by atoms with Gasteiger partial charge in [-0.15, -0.1) is 0 Å². The van der Waals surface area contributed by atoms with Gasteiger partial charge >= 0.3 is 0 Å². The van der Waals surface area contributed by atoms with Gasteiger partial charge in [0.1, 0.15) is 18.4 Å². The lowest BCUT2D eigenvalue weighted by molar-refractivity contribution is -0.136. The molecule has 0 aromatic heterocycles. The van der Waals surface area contributed by atoms with E-state index in [1.165, 1.54) is 12.1 Å². The van der Waals surface area contributed by atoms with E-state index in [1.54, 1.807) is 24.0 Å². The van der Waals surface area contributed by atoms with Gasteiger partial charge in [0.15, 0.2) is 0 Å². The average molecular weight is 567 g/mol. The molecule has 2 saturated heterocycles. The number of hydrogen-bond acceptors (Lipinski definition) is 7. The number of piperidine rings is 1. The first-order chi connectivity index (χ1) is 19.6. The van der Waals surface area contributed by atoms with Crippen LogP contribution in [0.1, 0.15) is 51.6 Å². The van der Waals surface area contributed by atoms with Gasteiger partial charge in [0.05, 0.1) is 17.7 Å². The third-order valence-corrected chi connectivity index (χ3v) is 7.56. The minimum Gasteiger partial charge on any atom is -0.488 e. The number of rotatable bonds is 9. The van der Waals surface area contributed by atoms with Crippen molar-refractivity contribution in [2.45, 2.75) is 44.9 Å². The molecule has 3 aliphatic rings. The first kappa shape index (κ1) is 28.6. The molecule has 9 nitrogen and oxygen atoms in total. The number of imide groups is 2. The quantitative estimate of drug-likeness (QED) is 0.368. The highest BCUT2D eigenvalue weighted by atomic mass is 19.3. The molecule has 0 radical (unpaired) electrons. The van der Waals surface area contributed by atoms with Gasteiger partial charge in [-0.3, -0.25) is 39.2 Å². The van der Waals surface area contributed by atoms with E-state index in [0.29, 0.717) is 32.7 Å². The molecule has 4 amide bonds. The van der Waals surface area contributed by atoms with Crippen molar-refractivity contribution in [3.05, 3.63) is 76.9 Å². The van der Waals surface area contributed by atoms with Gasteiger partial charge < -0.3 is 4.74 Å². The summed E-state index contributed by atoms with van der Waals surface area (Å²) in [5, 5.41) is 2.19. The second-order valence-electron chi connectivity index (χ2n) is 10.5. The molecule has 41 heavy (non-hydrogen) atoms. The zero-order valence-corrected chi connectivity index (χ0v) is 22.8. The van der Waals surface area contributed by atoms with Crippen molar-refractivity contribution in [3.8, 4) is 5.75 Å². The van der Waals surface area contributed by atoms with Crippen LogP contribution >= 0.6 is 0 Å². The number of amides is 4.